The lowest BCUT2D eigenvalue weighted by Gasteiger charge is -2.26. The Morgan fingerprint density at radius 1 is 1.16 bits per heavy atom. The molecule has 2 aromatic carbocycles. The smallest absolute Gasteiger partial charge is 0.338 e. The summed E-state index contributed by atoms with van der Waals surface area (Å²) >= 11 is 4.85. The van der Waals surface area contributed by atoms with Crippen LogP contribution in [0.15, 0.2) is 68.0 Å². The fraction of sp³-hybridized carbons (Fsp3) is 0.345. The predicted molar refractivity (Wildman–Crippen MR) is 154 cm³/mol. The van der Waals surface area contributed by atoms with E-state index in [0.29, 0.717) is 31.9 Å². The normalized spacial score (nSPS) is 17.6. The van der Waals surface area contributed by atoms with Crippen LogP contribution in [0.1, 0.15) is 50.8 Å². The summed E-state index contributed by atoms with van der Waals surface area (Å²) < 4.78 is 14.2. The summed E-state index contributed by atoms with van der Waals surface area (Å²) in [6, 6.07) is 13.1. The van der Waals surface area contributed by atoms with Gasteiger partial charge in [-0.05, 0) is 75.6 Å². The fourth-order valence-electron chi connectivity index (χ4n) is 4.98. The van der Waals surface area contributed by atoms with E-state index in [1.165, 1.54) is 29.9 Å². The number of carbonyl (C=O) groups is 1. The van der Waals surface area contributed by atoms with Crippen molar-refractivity contribution < 1.29 is 14.3 Å². The van der Waals surface area contributed by atoms with Crippen molar-refractivity contribution in [1.29, 1.82) is 0 Å². The van der Waals surface area contributed by atoms with Crippen LogP contribution in [0.3, 0.4) is 0 Å². The number of anilines is 1. The number of carbonyl (C=O) groups excluding carboxylic acids is 1. The number of halogens is 1. The molecule has 0 saturated carbocycles. The van der Waals surface area contributed by atoms with E-state index in [1.54, 1.807) is 32.4 Å². The summed E-state index contributed by atoms with van der Waals surface area (Å²) in [5.74, 6) is 0.0647. The first-order valence-corrected chi connectivity index (χ1v) is 14.3. The van der Waals surface area contributed by atoms with Crippen LogP contribution in [-0.2, 0) is 9.53 Å². The Bertz CT molecular complexity index is 1580. The second kappa shape index (κ2) is 10.9. The zero-order chi connectivity index (χ0) is 27.0. The van der Waals surface area contributed by atoms with Gasteiger partial charge in [0.15, 0.2) is 4.80 Å². The molecule has 0 radical (unpaired) electrons. The van der Waals surface area contributed by atoms with E-state index < -0.39 is 12.0 Å². The summed E-state index contributed by atoms with van der Waals surface area (Å²) in [6.45, 7) is 7.54. The molecule has 3 aromatic rings. The third-order valence-corrected chi connectivity index (χ3v) is 8.21. The highest BCUT2D eigenvalue weighted by atomic mass is 79.9. The molecule has 0 amide bonds. The number of thiazole rings is 1. The van der Waals surface area contributed by atoms with Crippen molar-refractivity contribution in [1.82, 2.24) is 4.57 Å². The molecule has 0 N–H and O–H groups in total. The minimum Gasteiger partial charge on any atom is -0.496 e. The summed E-state index contributed by atoms with van der Waals surface area (Å²) in [6.07, 6.45) is 4.01. The van der Waals surface area contributed by atoms with Gasteiger partial charge in [0, 0.05) is 28.8 Å². The van der Waals surface area contributed by atoms with E-state index in [0.717, 1.165) is 23.1 Å². The van der Waals surface area contributed by atoms with Crippen LogP contribution in [0, 0.1) is 0 Å². The lowest BCUT2D eigenvalue weighted by atomic mass is 9.95. The number of aromatic nitrogens is 1. The molecule has 38 heavy (non-hydrogen) atoms. The van der Waals surface area contributed by atoms with Gasteiger partial charge in [0.2, 0.25) is 0 Å². The molecular formula is C29H30BrN3O4S. The molecule has 0 unspecified atom stereocenters. The van der Waals surface area contributed by atoms with Crippen LogP contribution in [0.4, 0.5) is 5.69 Å². The Hall–Kier alpha value is -3.17. The van der Waals surface area contributed by atoms with Crippen LogP contribution < -0.4 is 24.5 Å². The number of rotatable bonds is 6. The largest absolute Gasteiger partial charge is 0.496 e. The highest BCUT2D eigenvalue weighted by Crippen LogP contribution is 2.37. The molecule has 9 heteroatoms. The average Bonchev–Trinajstić information content (AvgIpc) is 3.52. The van der Waals surface area contributed by atoms with Gasteiger partial charge in [-0.2, -0.15) is 0 Å². The fourth-order valence-corrected chi connectivity index (χ4v) is 6.41. The Labute approximate surface area is 233 Å². The van der Waals surface area contributed by atoms with E-state index >= 15 is 0 Å². The van der Waals surface area contributed by atoms with E-state index in [9.17, 15) is 9.59 Å². The van der Waals surface area contributed by atoms with E-state index in [2.05, 4.69) is 38.0 Å². The monoisotopic (exact) mass is 595 g/mol. The topological polar surface area (TPSA) is 73.1 Å². The van der Waals surface area contributed by atoms with Crippen molar-refractivity contribution in [3.63, 3.8) is 0 Å². The van der Waals surface area contributed by atoms with Gasteiger partial charge in [-0.1, -0.05) is 39.4 Å². The third kappa shape index (κ3) is 5.09. The third-order valence-electron chi connectivity index (χ3n) is 6.73. The van der Waals surface area contributed by atoms with Gasteiger partial charge in [0.1, 0.15) is 11.8 Å². The van der Waals surface area contributed by atoms with Crippen molar-refractivity contribution in [2.24, 2.45) is 4.99 Å². The number of esters is 1. The molecule has 1 aromatic heterocycles. The highest BCUT2D eigenvalue weighted by Gasteiger charge is 2.35. The molecule has 0 spiro atoms. The second-order valence-electron chi connectivity index (χ2n) is 9.71. The van der Waals surface area contributed by atoms with Gasteiger partial charge in [-0.15, -0.1) is 0 Å². The molecule has 0 bridgehead atoms. The van der Waals surface area contributed by atoms with Crippen molar-refractivity contribution in [3.8, 4) is 5.75 Å². The Morgan fingerprint density at radius 3 is 2.53 bits per heavy atom. The maximum atomic E-state index is 13.9. The molecule has 198 valence electrons. The van der Waals surface area contributed by atoms with E-state index in [-0.39, 0.29) is 11.7 Å². The Kier molecular flexibility index (Phi) is 7.59. The van der Waals surface area contributed by atoms with Crippen LogP contribution >= 0.6 is 27.3 Å². The number of hydrogen-bond acceptors (Lipinski definition) is 7. The molecule has 1 fully saturated rings. The van der Waals surface area contributed by atoms with Crippen molar-refractivity contribution in [2.45, 2.75) is 45.8 Å². The van der Waals surface area contributed by atoms with Gasteiger partial charge < -0.3 is 14.4 Å². The first kappa shape index (κ1) is 26.4. The van der Waals surface area contributed by atoms with E-state index in [4.69, 9.17) is 9.47 Å². The van der Waals surface area contributed by atoms with Crippen molar-refractivity contribution >= 4 is 45.0 Å². The van der Waals surface area contributed by atoms with Crippen molar-refractivity contribution in [3.05, 3.63) is 89.0 Å². The SMILES string of the molecule is COc1ccc(Br)cc1[C@@H]1C(C(=O)OC(C)C)=C(C)N=c2s/c(=C\c3ccc(N4CCCC4)cc3)c(=O)n21. The molecule has 2 aliphatic heterocycles. The van der Waals surface area contributed by atoms with Gasteiger partial charge in [0.05, 0.1) is 29.0 Å². The quantitative estimate of drug-likeness (QED) is 0.391. The zero-order valence-electron chi connectivity index (χ0n) is 21.9. The van der Waals surface area contributed by atoms with Crippen LogP contribution in [0.25, 0.3) is 6.08 Å². The maximum Gasteiger partial charge on any atom is 0.338 e. The number of allylic oxidation sites excluding steroid dienone is 1. The number of benzene rings is 2. The summed E-state index contributed by atoms with van der Waals surface area (Å²) in [5, 5.41) is 0. The molecular weight excluding hydrogens is 566 g/mol. The number of nitrogens with zero attached hydrogens (tertiary/aromatic N) is 3. The van der Waals surface area contributed by atoms with Crippen LogP contribution in [-0.4, -0.2) is 36.8 Å². The first-order valence-electron chi connectivity index (χ1n) is 12.7. The number of fused-ring (bicyclic) bond motifs is 1. The average molecular weight is 597 g/mol. The van der Waals surface area contributed by atoms with Gasteiger partial charge >= 0.3 is 5.97 Å². The van der Waals surface area contributed by atoms with Crippen LogP contribution in [0.2, 0.25) is 0 Å². The van der Waals surface area contributed by atoms with Crippen molar-refractivity contribution in [2.75, 3.05) is 25.1 Å². The number of hydrogen-bond donors (Lipinski definition) is 0. The molecule has 5 rings (SSSR count). The number of ether oxygens (including phenoxy) is 2. The lowest BCUT2D eigenvalue weighted by molar-refractivity contribution is -0.143. The molecule has 3 heterocycles. The molecule has 7 nitrogen and oxygen atoms in total. The Morgan fingerprint density at radius 2 is 1.87 bits per heavy atom. The van der Waals surface area contributed by atoms with E-state index in [1.807, 2.05) is 36.4 Å². The Balaban J connectivity index is 1.65. The molecule has 1 atom stereocenters. The zero-order valence-corrected chi connectivity index (χ0v) is 24.3. The maximum absolute atomic E-state index is 13.9. The molecule has 1 saturated heterocycles. The molecule has 0 aliphatic carbocycles. The summed E-state index contributed by atoms with van der Waals surface area (Å²) in [7, 11) is 1.57. The highest BCUT2D eigenvalue weighted by molar-refractivity contribution is 9.10. The first-order chi connectivity index (χ1) is 18.3. The summed E-state index contributed by atoms with van der Waals surface area (Å²) in [5.41, 5.74) is 3.44. The minimum atomic E-state index is -0.746. The predicted octanol–water partition coefficient (Wildman–Crippen LogP) is 4.56. The molecule has 2 aliphatic rings. The number of methoxy groups -OCH3 is 1. The van der Waals surface area contributed by atoms with Gasteiger partial charge in [-0.25, -0.2) is 9.79 Å². The standard InChI is InChI=1S/C29H30BrN3O4S/c1-17(2)37-28(35)25-18(3)31-29-33(26(25)22-16-20(30)9-12-23(22)36-4)27(34)24(38-29)15-19-7-10-21(11-8-19)32-13-5-6-14-32/h7-12,15-17,26H,5-6,13-14H2,1-4H3/b24-15-/t26-/m1/s1. The minimum absolute atomic E-state index is 0.216. The van der Waals surface area contributed by atoms with Gasteiger partial charge in [0.25, 0.3) is 5.56 Å². The summed E-state index contributed by atoms with van der Waals surface area (Å²) in [4.78, 5) is 34.8. The van der Waals surface area contributed by atoms with Crippen LogP contribution in [0.5, 0.6) is 5.75 Å². The second-order valence-corrected chi connectivity index (χ2v) is 11.6. The lowest BCUT2D eigenvalue weighted by Crippen LogP contribution is -2.40. The van der Waals surface area contributed by atoms with Gasteiger partial charge in [-0.3, -0.25) is 9.36 Å².